The summed E-state index contributed by atoms with van der Waals surface area (Å²) >= 11 is 0. The molecule has 1 aliphatic heterocycles. The maximum Gasteiger partial charge on any atom is 0.225 e. The lowest BCUT2D eigenvalue weighted by molar-refractivity contribution is -0.138. The number of hydrogen-bond acceptors (Lipinski definition) is 4. The van der Waals surface area contributed by atoms with Crippen molar-refractivity contribution >= 4 is 11.8 Å². The van der Waals surface area contributed by atoms with Crippen LogP contribution < -0.4 is 10.1 Å². The van der Waals surface area contributed by atoms with Crippen LogP contribution in [0.25, 0.3) is 0 Å². The molecule has 2 N–H and O–H groups in total. The minimum Gasteiger partial charge on any atom is -0.497 e. The Morgan fingerprint density at radius 1 is 1.31 bits per heavy atom. The van der Waals surface area contributed by atoms with Crippen LogP contribution in [0.5, 0.6) is 5.75 Å². The van der Waals surface area contributed by atoms with Gasteiger partial charge in [-0.2, -0.15) is 0 Å². The van der Waals surface area contributed by atoms with Crippen molar-refractivity contribution in [3.63, 3.8) is 0 Å². The number of ether oxygens (including phenoxy) is 1. The highest BCUT2D eigenvalue weighted by atomic mass is 16.5. The molecule has 1 aliphatic rings. The molecule has 1 aromatic carbocycles. The van der Waals surface area contributed by atoms with E-state index in [2.05, 4.69) is 18.5 Å². The van der Waals surface area contributed by atoms with Crippen molar-refractivity contribution in [3.05, 3.63) is 55.1 Å². The lowest BCUT2D eigenvalue weighted by Gasteiger charge is -2.33. The minimum absolute atomic E-state index is 0.0809. The predicted molar refractivity (Wildman–Crippen MR) is 114 cm³/mol. The molecule has 1 saturated heterocycles. The molecule has 0 aromatic heterocycles. The number of benzene rings is 1. The summed E-state index contributed by atoms with van der Waals surface area (Å²) in [7, 11) is 1.63. The topological polar surface area (TPSA) is 78.9 Å². The molecule has 2 rings (SSSR count). The molecule has 29 heavy (non-hydrogen) atoms. The summed E-state index contributed by atoms with van der Waals surface area (Å²) in [5, 5.41) is 13.4. The van der Waals surface area contributed by atoms with Crippen LogP contribution in [-0.4, -0.2) is 54.2 Å². The lowest BCUT2D eigenvalue weighted by Crippen LogP contribution is -2.49. The second kappa shape index (κ2) is 10.8. The molecule has 6 nitrogen and oxygen atoms in total. The van der Waals surface area contributed by atoms with E-state index in [4.69, 9.17) is 4.74 Å². The van der Waals surface area contributed by atoms with Gasteiger partial charge in [-0.05, 0) is 43.4 Å². The van der Waals surface area contributed by atoms with Gasteiger partial charge in [0.15, 0.2) is 0 Å². The second-order valence-corrected chi connectivity index (χ2v) is 7.60. The molecule has 1 fully saturated rings. The molecule has 0 spiro atoms. The van der Waals surface area contributed by atoms with Gasteiger partial charge in [0.05, 0.1) is 18.6 Å². The minimum atomic E-state index is -1.07. The van der Waals surface area contributed by atoms with Crippen molar-refractivity contribution in [2.75, 3.05) is 26.7 Å². The molecule has 1 unspecified atom stereocenters. The number of carbonyl (C=O) groups excluding carboxylic acids is 2. The van der Waals surface area contributed by atoms with Crippen molar-refractivity contribution in [1.29, 1.82) is 0 Å². The van der Waals surface area contributed by atoms with E-state index in [1.165, 1.54) is 0 Å². The molecule has 0 bridgehead atoms. The Balaban J connectivity index is 1.88. The van der Waals surface area contributed by atoms with Gasteiger partial charge in [-0.1, -0.05) is 24.3 Å². The Labute approximate surface area is 173 Å². The highest BCUT2D eigenvalue weighted by Gasteiger charge is 2.31. The molecule has 1 heterocycles. The number of nitrogens with zero attached hydrogens (tertiary/aromatic N) is 1. The molecule has 158 valence electrons. The van der Waals surface area contributed by atoms with Crippen molar-refractivity contribution in [3.8, 4) is 5.75 Å². The van der Waals surface area contributed by atoms with E-state index in [0.717, 1.165) is 17.7 Å². The zero-order valence-corrected chi connectivity index (χ0v) is 17.2. The highest BCUT2D eigenvalue weighted by molar-refractivity contribution is 5.83. The fraction of sp³-hybridized carbons (Fsp3) is 0.478. The molecule has 1 aromatic rings. The molecule has 2 amide bonds. The quantitative estimate of drug-likeness (QED) is 0.560. The number of carbonyl (C=O) groups is 2. The number of methoxy groups -OCH3 is 1. The van der Waals surface area contributed by atoms with Gasteiger partial charge in [-0.3, -0.25) is 9.59 Å². The van der Waals surface area contributed by atoms with Gasteiger partial charge in [0.2, 0.25) is 11.8 Å². The zero-order chi connectivity index (χ0) is 21.3. The van der Waals surface area contributed by atoms with E-state index in [0.29, 0.717) is 38.8 Å². The molecule has 0 aliphatic carbocycles. The normalized spacial score (nSPS) is 17.0. The fourth-order valence-electron chi connectivity index (χ4n) is 3.56. The number of aliphatic hydroxyl groups is 1. The van der Waals surface area contributed by atoms with Crippen molar-refractivity contribution < 1.29 is 19.4 Å². The van der Waals surface area contributed by atoms with Crippen LogP contribution >= 0.6 is 0 Å². The van der Waals surface area contributed by atoms with Crippen LogP contribution in [0.3, 0.4) is 0 Å². The van der Waals surface area contributed by atoms with Gasteiger partial charge in [0.1, 0.15) is 5.75 Å². The highest BCUT2D eigenvalue weighted by Crippen LogP contribution is 2.20. The van der Waals surface area contributed by atoms with E-state index in [1.807, 2.05) is 24.3 Å². The summed E-state index contributed by atoms with van der Waals surface area (Å²) in [6.07, 6.45) is 5.64. The molecule has 0 saturated carbocycles. The number of hydrogen-bond donors (Lipinski definition) is 2. The van der Waals surface area contributed by atoms with Gasteiger partial charge in [0, 0.05) is 26.1 Å². The average Bonchev–Trinajstić information content (AvgIpc) is 2.72. The zero-order valence-electron chi connectivity index (χ0n) is 17.2. The summed E-state index contributed by atoms with van der Waals surface area (Å²) in [5.41, 5.74) is 0.0432. The fourth-order valence-corrected chi connectivity index (χ4v) is 3.56. The molecular weight excluding hydrogens is 368 g/mol. The van der Waals surface area contributed by atoms with Crippen LogP contribution in [0.1, 0.15) is 31.2 Å². The first-order valence-electron chi connectivity index (χ1n) is 10.0. The number of amides is 2. The molecular formula is C23H32N2O4. The van der Waals surface area contributed by atoms with E-state index in [-0.39, 0.29) is 24.3 Å². The third-order valence-electron chi connectivity index (χ3n) is 5.34. The van der Waals surface area contributed by atoms with Crippen molar-refractivity contribution in [2.45, 2.75) is 37.7 Å². The summed E-state index contributed by atoms with van der Waals surface area (Å²) < 4.78 is 5.16. The monoisotopic (exact) mass is 400 g/mol. The molecule has 1 atom stereocenters. The van der Waals surface area contributed by atoms with Crippen LogP contribution in [0.15, 0.2) is 49.6 Å². The van der Waals surface area contributed by atoms with E-state index in [1.54, 1.807) is 24.2 Å². The Morgan fingerprint density at radius 2 is 1.97 bits per heavy atom. The largest absolute Gasteiger partial charge is 0.497 e. The van der Waals surface area contributed by atoms with E-state index < -0.39 is 5.60 Å². The Hall–Kier alpha value is -2.60. The molecule has 6 heteroatoms. The summed E-state index contributed by atoms with van der Waals surface area (Å²) in [6, 6.07) is 7.77. The predicted octanol–water partition coefficient (Wildman–Crippen LogP) is 2.48. The first-order chi connectivity index (χ1) is 13.9. The lowest BCUT2D eigenvalue weighted by atomic mass is 9.93. The Kier molecular flexibility index (Phi) is 8.46. The summed E-state index contributed by atoms with van der Waals surface area (Å²) in [4.78, 5) is 26.7. The summed E-state index contributed by atoms with van der Waals surface area (Å²) in [5.74, 6) is 0.489. The van der Waals surface area contributed by atoms with Crippen molar-refractivity contribution in [2.24, 2.45) is 5.92 Å². The number of rotatable bonds is 11. The van der Waals surface area contributed by atoms with Crippen molar-refractivity contribution in [1.82, 2.24) is 10.2 Å². The standard InChI is InChI=1S/C23H32N2O4/c1-4-13-23(28,14-5-2)17-24-22(27)19-8-11-21(26)25(16-19)15-12-18-6-9-20(29-3)10-7-18/h4-7,9-10,19,28H,1-2,8,11-17H2,3H3,(H,24,27). The second-order valence-electron chi connectivity index (χ2n) is 7.60. The maximum atomic E-state index is 12.6. The van der Waals surface area contributed by atoms with E-state index >= 15 is 0 Å². The van der Waals surface area contributed by atoms with Gasteiger partial charge in [0.25, 0.3) is 0 Å². The Morgan fingerprint density at radius 3 is 2.55 bits per heavy atom. The third kappa shape index (κ3) is 6.75. The third-order valence-corrected chi connectivity index (χ3v) is 5.34. The van der Waals surface area contributed by atoms with Crippen LogP contribution in [0.4, 0.5) is 0 Å². The average molecular weight is 401 g/mol. The molecule has 0 radical (unpaired) electrons. The number of nitrogens with one attached hydrogen (secondary N) is 1. The van der Waals surface area contributed by atoms with E-state index in [9.17, 15) is 14.7 Å². The smallest absolute Gasteiger partial charge is 0.225 e. The van der Waals surface area contributed by atoms with Gasteiger partial charge < -0.3 is 20.1 Å². The van der Waals surface area contributed by atoms with Crippen LogP contribution in [-0.2, 0) is 16.0 Å². The number of piperidine rings is 1. The van der Waals surface area contributed by atoms with Crippen LogP contribution in [0, 0.1) is 5.92 Å². The first-order valence-corrected chi connectivity index (χ1v) is 10.0. The Bertz CT molecular complexity index is 704. The SMILES string of the molecule is C=CCC(O)(CC=C)CNC(=O)C1CCC(=O)N(CCc2ccc(OC)cc2)C1. The first kappa shape index (κ1) is 22.7. The van der Waals surface area contributed by atoms with Gasteiger partial charge in [-0.25, -0.2) is 0 Å². The van der Waals surface area contributed by atoms with Crippen LogP contribution in [0.2, 0.25) is 0 Å². The summed E-state index contributed by atoms with van der Waals surface area (Å²) in [6.45, 7) is 8.44. The number of likely N-dealkylation sites (tertiary alicyclic amines) is 1. The van der Waals surface area contributed by atoms with Gasteiger partial charge >= 0.3 is 0 Å². The maximum absolute atomic E-state index is 12.6. The van der Waals surface area contributed by atoms with Gasteiger partial charge in [-0.15, -0.1) is 13.2 Å².